The molecule has 1 N–H and O–H groups in total. The molecule has 7 heteroatoms. The summed E-state index contributed by atoms with van der Waals surface area (Å²) >= 11 is 0. The fraction of sp³-hybridized carbons (Fsp3) is 0.450. The molecule has 0 atom stereocenters. The number of ether oxygens (including phenoxy) is 1. The van der Waals surface area contributed by atoms with Crippen molar-refractivity contribution in [2.75, 3.05) is 49.6 Å². The lowest BCUT2D eigenvalue weighted by Crippen LogP contribution is -2.41. The lowest BCUT2D eigenvalue weighted by molar-refractivity contribution is 0.0299. The fourth-order valence-corrected chi connectivity index (χ4v) is 3.14. The number of aryl methyl sites for hydroxylation is 1. The molecule has 1 amide bonds. The van der Waals surface area contributed by atoms with Crippen molar-refractivity contribution in [2.45, 2.75) is 20.8 Å². The highest BCUT2D eigenvalue weighted by Crippen LogP contribution is 2.20. The van der Waals surface area contributed by atoms with E-state index < -0.39 is 0 Å². The molecule has 1 aliphatic heterocycles. The summed E-state index contributed by atoms with van der Waals surface area (Å²) in [7, 11) is 0. The smallest absolute Gasteiger partial charge is 0.272 e. The highest BCUT2D eigenvalue weighted by Gasteiger charge is 2.20. The summed E-state index contributed by atoms with van der Waals surface area (Å²) < 4.78 is 5.31. The van der Waals surface area contributed by atoms with E-state index in [9.17, 15) is 4.79 Å². The van der Waals surface area contributed by atoms with Gasteiger partial charge in [0.2, 0.25) is 5.95 Å². The minimum absolute atomic E-state index is 0.0799. The zero-order chi connectivity index (χ0) is 19.2. The maximum atomic E-state index is 12.7. The number of aromatic nitrogens is 2. The first-order valence-corrected chi connectivity index (χ1v) is 9.45. The number of nitrogens with one attached hydrogen (secondary N) is 1. The lowest BCUT2D eigenvalue weighted by atomic mass is 10.2. The minimum Gasteiger partial charge on any atom is -0.378 e. The molecule has 0 radical (unpaired) electrons. The second kappa shape index (κ2) is 8.81. The second-order valence-electron chi connectivity index (χ2n) is 6.47. The molecule has 144 valence electrons. The van der Waals surface area contributed by atoms with Gasteiger partial charge in [-0.25, -0.2) is 9.97 Å². The maximum absolute atomic E-state index is 12.7. The van der Waals surface area contributed by atoms with Gasteiger partial charge in [0.1, 0.15) is 5.69 Å². The van der Waals surface area contributed by atoms with Crippen LogP contribution < -0.4 is 10.2 Å². The van der Waals surface area contributed by atoms with E-state index in [-0.39, 0.29) is 5.91 Å². The Morgan fingerprint density at radius 2 is 1.81 bits per heavy atom. The quantitative estimate of drug-likeness (QED) is 0.844. The molecule has 27 heavy (non-hydrogen) atoms. The largest absolute Gasteiger partial charge is 0.378 e. The van der Waals surface area contributed by atoms with Crippen LogP contribution in [-0.4, -0.2) is 60.2 Å². The average molecular weight is 369 g/mol. The minimum atomic E-state index is -0.0799. The van der Waals surface area contributed by atoms with Gasteiger partial charge in [0, 0.05) is 43.2 Å². The average Bonchev–Trinajstić information content (AvgIpc) is 2.70. The van der Waals surface area contributed by atoms with Gasteiger partial charge in [-0.15, -0.1) is 0 Å². The molecule has 1 aliphatic rings. The van der Waals surface area contributed by atoms with Crippen LogP contribution in [0.25, 0.3) is 0 Å². The lowest BCUT2D eigenvalue weighted by Gasteiger charge is -2.26. The Bertz CT molecular complexity index is 768. The first-order chi connectivity index (χ1) is 13.1. The molecule has 0 bridgehead atoms. The number of hydrogen-bond acceptors (Lipinski definition) is 6. The van der Waals surface area contributed by atoms with Crippen molar-refractivity contribution in [3.8, 4) is 0 Å². The van der Waals surface area contributed by atoms with Gasteiger partial charge >= 0.3 is 0 Å². The van der Waals surface area contributed by atoms with E-state index in [1.54, 1.807) is 11.0 Å². The van der Waals surface area contributed by atoms with E-state index in [2.05, 4.69) is 46.2 Å². The highest BCUT2D eigenvalue weighted by molar-refractivity contribution is 5.92. The molecular formula is C20H27N5O2. The number of anilines is 3. The van der Waals surface area contributed by atoms with E-state index in [0.29, 0.717) is 37.9 Å². The van der Waals surface area contributed by atoms with Crippen LogP contribution in [0.3, 0.4) is 0 Å². The second-order valence-corrected chi connectivity index (χ2v) is 6.47. The number of benzene rings is 1. The topological polar surface area (TPSA) is 70.6 Å². The van der Waals surface area contributed by atoms with Crippen LogP contribution >= 0.6 is 0 Å². The zero-order valence-corrected chi connectivity index (χ0v) is 16.2. The van der Waals surface area contributed by atoms with Crippen molar-refractivity contribution >= 4 is 23.2 Å². The van der Waals surface area contributed by atoms with Crippen LogP contribution in [0.15, 0.2) is 30.3 Å². The molecule has 7 nitrogen and oxygen atoms in total. The maximum Gasteiger partial charge on any atom is 0.272 e. The molecule has 2 aromatic rings. The van der Waals surface area contributed by atoms with Gasteiger partial charge in [0.15, 0.2) is 0 Å². The van der Waals surface area contributed by atoms with E-state index in [1.165, 1.54) is 5.69 Å². The van der Waals surface area contributed by atoms with Crippen LogP contribution in [0.5, 0.6) is 0 Å². The van der Waals surface area contributed by atoms with Crippen molar-refractivity contribution in [2.24, 2.45) is 0 Å². The summed E-state index contributed by atoms with van der Waals surface area (Å²) in [6.45, 7) is 10.4. The summed E-state index contributed by atoms with van der Waals surface area (Å²) in [5, 5.41) is 3.21. The molecule has 0 unspecified atom stereocenters. The monoisotopic (exact) mass is 369 g/mol. The Hall–Kier alpha value is -2.67. The Morgan fingerprint density at radius 1 is 1.15 bits per heavy atom. The Kier molecular flexibility index (Phi) is 6.24. The molecule has 1 fully saturated rings. The van der Waals surface area contributed by atoms with E-state index in [0.717, 1.165) is 24.5 Å². The van der Waals surface area contributed by atoms with Crippen LogP contribution in [0, 0.1) is 6.92 Å². The number of morpholine rings is 1. The molecular weight excluding hydrogens is 342 g/mol. The van der Waals surface area contributed by atoms with Gasteiger partial charge in [0.05, 0.1) is 13.2 Å². The van der Waals surface area contributed by atoms with Crippen molar-refractivity contribution in [3.63, 3.8) is 0 Å². The van der Waals surface area contributed by atoms with Crippen molar-refractivity contribution in [1.82, 2.24) is 14.9 Å². The number of nitrogens with zero attached hydrogens (tertiary/aromatic N) is 4. The SMILES string of the molecule is CCN(CC)c1ccc(Nc2nc(C)cc(C(=O)N3CCOCC3)n2)cc1. The Labute approximate surface area is 160 Å². The summed E-state index contributed by atoms with van der Waals surface area (Å²) in [6.07, 6.45) is 0. The normalized spacial score (nSPS) is 14.1. The van der Waals surface area contributed by atoms with Crippen molar-refractivity contribution in [3.05, 3.63) is 41.7 Å². The Balaban J connectivity index is 1.75. The third-order valence-electron chi connectivity index (χ3n) is 4.62. The van der Waals surface area contributed by atoms with E-state index in [4.69, 9.17) is 4.74 Å². The van der Waals surface area contributed by atoms with Crippen molar-refractivity contribution < 1.29 is 9.53 Å². The van der Waals surface area contributed by atoms with Crippen LogP contribution in [0.1, 0.15) is 30.0 Å². The van der Waals surface area contributed by atoms with Gasteiger partial charge in [-0.1, -0.05) is 0 Å². The predicted molar refractivity (Wildman–Crippen MR) is 107 cm³/mol. The standard InChI is InChI=1S/C20H27N5O2/c1-4-24(5-2)17-8-6-16(7-9-17)22-20-21-15(3)14-18(23-20)19(26)25-10-12-27-13-11-25/h6-9,14H,4-5,10-13H2,1-3H3,(H,21,22,23). The third kappa shape index (κ3) is 4.74. The molecule has 2 heterocycles. The number of amides is 1. The van der Waals surface area contributed by atoms with E-state index >= 15 is 0 Å². The third-order valence-corrected chi connectivity index (χ3v) is 4.62. The predicted octanol–water partition coefficient (Wildman–Crippen LogP) is 2.85. The summed E-state index contributed by atoms with van der Waals surface area (Å²) in [5.74, 6) is 0.353. The number of carbonyl (C=O) groups is 1. The van der Waals surface area contributed by atoms with Crippen LogP contribution in [0.4, 0.5) is 17.3 Å². The summed E-state index contributed by atoms with van der Waals surface area (Å²) in [5.41, 5.74) is 3.23. The van der Waals surface area contributed by atoms with Gasteiger partial charge < -0.3 is 19.9 Å². The van der Waals surface area contributed by atoms with Crippen molar-refractivity contribution in [1.29, 1.82) is 0 Å². The Morgan fingerprint density at radius 3 is 2.44 bits per heavy atom. The van der Waals surface area contributed by atoms with Gasteiger partial charge in [0.25, 0.3) is 5.91 Å². The first kappa shape index (κ1) is 19.1. The molecule has 0 spiro atoms. The summed E-state index contributed by atoms with van der Waals surface area (Å²) in [4.78, 5) is 25.6. The summed E-state index contributed by atoms with van der Waals surface area (Å²) in [6, 6.07) is 9.88. The van der Waals surface area contributed by atoms with E-state index in [1.807, 2.05) is 19.1 Å². The van der Waals surface area contributed by atoms with Crippen LogP contribution in [0.2, 0.25) is 0 Å². The van der Waals surface area contributed by atoms with Crippen LogP contribution in [-0.2, 0) is 4.74 Å². The van der Waals surface area contributed by atoms with Gasteiger partial charge in [-0.3, -0.25) is 4.79 Å². The molecule has 1 aromatic heterocycles. The number of hydrogen-bond donors (Lipinski definition) is 1. The number of carbonyl (C=O) groups excluding carboxylic acids is 1. The highest BCUT2D eigenvalue weighted by atomic mass is 16.5. The fourth-order valence-electron chi connectivity index (χ4n) is 3.14. The molecule has 1 saturated heterocycles. The van der Waals surface area contributed by atoms with Gasteiger partial charge in [-0.2, -0.15) is 0 Å². The molecule has 0 aliphatic carbocycles. The first-order valence-electron chi connectivity index (χ1n) is 9.45. The zero-order valence-electron chi connectivity index (χ0n) is 16.2. The number of rotatable bonds is 6. The van der Waals surface area contributed by atoms with Gasteiger partial charge in [-0.05, 0) is 51.1 Å². The molecule has 0 saturated carbocycles. The molecule has 1 aromatic carbocycles. The molecule has 3 rings (SSSR count).